The lowest BCUT2D eigenvalue weighted by molar-refractivity contribution is -0.0542. The Kier molecular flexibility index (Phi) is 1.30. The van der Waals surface area contributed by atoms with E-state index in [9.17, 15) is 8.78 Å². The first-order chi connectivity index (χ1) is 5.15. The molecule has 2 atom stereocenters. The quantitative estimate of drug-likeness (QED) is 0.619. The Balaban J connectivity index is 2.20. The molecule has 0 unspecified atom stereocenters. The molecule has 2 N–H and O–H groups in total. The minimum Gasteiger partial charge on any atom is -0.367 e. The maximum Gasteiger partial charge on any atom is 0.283 e. The van der Waals surface area contributed by atoms with Crippen LogP contribution in [0.25, 0.3) is 0 Å². The van der Waals surface area contributed by atoms with Crippen molar-refractivity contribution in [1.82, 2.24) is 0 Å². The highest BCUT2D eigenvalue weighted by Crippen LogP contribution is 2.64. The second-order valence-corrected chi connectivity index (χ2v) is 3.26. The Labute approximate surface area is 63.7 Å². The Morgan fingerprint density at radius 2 is 2.27 bits per heavy atom. The fraction of sp³-hybridized carbons (Fsp3) is 1.00. The van der Waals surface area contributed by atoms with Gasteiger partial charge >= 0.3 is 0 Å². The molecule has 1 saturated carbocycles. The summed E-state index contributed by atoms with van der Waals surface area (Å²) >= 11 is 0. The molecule has 1 aliphatic carbocycles. The number of halogens is 2. The average molecular weight is 163 g/mol. The molecule has 2 aliphatic rings. The lowest BCUT2D eigenvalue weighted by Crippen LogP contribution is -2.34. The van der Waals surface area contributed by atoms with E-state index in [1.807, 2.05) is 0 Å². The highest BCUT2D eigenvalue weighted by molar-refractivity contribution is 5.23. The van der Waals surface area contributed by atoms with Crippen LogP contribution in [0.2, 0.25) is 0 Å². The van der Waals surface area contributed by atoms with Crippen LogP contribution in [0.1, 0.15) is 12.8 Å². The van der Waals surface area contributed by atoms with Crippen LogP contribution in [0, 0.1) is 5.92 Å². The molecule has 64 valence electrons. The van der Waals surface area contributed by atoms with Gasteiger partial charge in [0.2, 0.25) is 0 Å². The van der Waals surface area contributed by atoms with Gasteiger partial charge in [0.25, 0.3) is 5.92 Å². The van der Waals surface area contributed by atoms with Crippen LogP contribution in [0.4, 0.5) is 8.78 Å². The lowest BCUT2D eigenvalue weighted by atomic mass is 10.1. The van der Waals surface area contributed by atoms with Crippen LogP contribution in [0.5, 0.6) is 0 Å². The number of nitrogens with two attached hydrogens (primary N) is 1. The van der Waals surface area contributed by atoms with Crippen LogP contribution >= 0.6 is 0 Å². The van der Waals surface area contributed by atoms with Gasteiger partial charge < -0.3 is 10.5 Å². The standard InChI is InChI=1S/C7H11F2NO/c8-7(9)5-2-1-3-11-6(5,7)4-10/h5H,1-4,10H2/t5-,6-/m0/s1. The Morgan fingerprint density at radius 1 is 1.55 bits per heavy atom. The van der Waals surface area contributed by atoms with E-state index in [1.54, 1.807) is 0 Å². The Bertz CT molecular complexity index is 185. The molecule has 4 heteroatoms. The monoisotopic (exact) mass is 163 g/mol. The van der Waals surface area contributed by atoms with Crippen molar-refractivity contribution >= 4 is 0 Å². The van der Waals surface area contributed by atoms with Crippen molar-refractivity contribution in [2.75, 3.05) is 13.2 Å². The first-order valence-electron chi connectivity index (χ1n) is 3.87. The second kappa shape index (κ2) is 1.93. The van der Waals surface area contributed by atoms with Gasteiger partial charge in [0, 0.05) is 13.2 Å². The summed E-state index contributed by atoms with van der Waals surface area (Å²) < 4.78 is 30.9. The van der Waals surface area contributed by atoms with Crippen LogP contribution in [-0.2, 0) is 4.74 Å². The zero-order valence-electron chi connectivity index (χ0n) is 6.15. The van der Waals surface area contributed by atoms with Crippen molar-refractivity contribution in [3.05, 3.63) is 0 Å². The summed E-state index contributed by atoms with van der Waals surface area (Å²) in [5.74, 6) is -3.26. The molecule has 0 amide bonds. The van der Waals surface area contributed by atoms with Gasteiger partial charge in [-0.05, 0) is 12.8 Å². The normalized spacial score (nSPS) is 46.6. The molecule has 1 heterocycles. The molecular weight excluding hydrogens is 152 g/mol. The number of hydrogen-bond donors (Lipinski definition) is 1. The van der Waals surface area contributed by atoms with Crippen LogP contribution < -0.4 is 5.73 Å². The molecular formula is C7H11F2NO. The summed E-state index contributed by atoms with van der Waals surface area (Å²) in [7, 11) is 0. The molecule has 0 bridgehead atoms. The third kappa shape index (κ3) is 0.667. The van der Waals surface area contributed by atoms with Crippen LogP contribution in [0.15, 0.2) is 0 Å². The van der Waals surface area contributed by atoms with Gasteiger partial charge in [-0.3, -0.25) is 0 Å². The highest BCUT2D eigenvalue weighted by atomic mass is 19.3. The van der Waals surface area contributed by atoms with Gasteiger partial charge in [0.1, 0.15) is 0 Å². The predicted molar refractivity (Wildman–Crippen MR) is 35.4 cm³/mol. The van der Waals surface area contributed by atoms with Gasteiger partial charge in [0.15, 0.2) is 5.60 Å². The topological polar surface area (TPSA) is 35.2 Å². The van der Waals surface area contributed by atoms with Crippen molar-refractivity contribution in [3.8, 4) is 0 Å². The maximum absolute atomic E-state index is 13.0. The van der Waals surface area contributed by atoms with Crippen molar-refractivity contribution in [2.24, 2.45) is 11.7 Å². The summed E-state index contributed by atoms with van der Waals surface area (Å²) in [5, 5.41) is 0. The molecule has 1 saturated heterocycles. The van der Waals surface area contributed by atoms with E-state index in [4.69, 9.17) is 10.5 Å². The molecule has 0 aromatic heterocycles. The largest absolute Gasteiger partial charge is 0.367 e. The molecule has 0 aromatic carbocycles. The van der Waals surface area contributed by atoms with E-state index < -0.39 is 17.4 Å². The molecule has 1 aliphatic heterocycles. The minimum absolute atomic E-state index is 0.0509. The van der Waals surface area contributed by atoms with Gasteiger partial charge in [-0.15, -0.1) is 0 Å². The molecule has 0 radical (unpaired) electrons. The first-order valence-corrected chi connectivity index (χ1v) is 3.87. The molecule has 2 nitrogen and oxygen atoms in total. The summed E-state index contributed by atoms with van der Waals surface area (Å²) in [4.78, 5) is 0. The molecule has 0 aromatic rings. The fourth-order valence-corrected chi connectivity index (χ4v) is 2.00. The predicted octanol–water partition coefficient (Wildman–Crippen LogP) is 0.759. The minimum atomic E-state index is -2.65. The van der Waals surface area contributed by atoms with E-state index >= 15 is 0 Å². The molecule has 11 heavy (non-hydrogen) atoms. The summed E-state index contributed by atoms with van der Waals surface area (Å²) in [6.07, 6.45) is 1.30. The molecule has 2 fully saturated rings. The SMILES string of the molecule is NC[C@]12OCCC[C@@H]1C2(F)F. The van der Waals surface area contributed by atoms with Crippen LogP contribution in [-0.4, -0.2) is 24.7 Å². The van der Waals surface area contributed by atoms with Gasteiger partial charge in [-0.2, -0.15) is 0 Å². The zero-order valence-corrected chi connectivity index (χ0v) is 6.15. The van der Waals surface area contributed by atoms with E-state index in [0.717, 1.165) is 6.42 Å². The fourth-order valence-electron chi connectivity index (χ4n) is 2.00. The molecule has 0 spiro atoms. The van der Waals surface area contributed by atoms with Crippen molar-refractivity contribution in [2.45, 2.75) is 24.4 Å². The second-order valence-electron chi connectivity index (χ2n) is 3.26. The number of alkyl halides is 2. The smallest absolute Gasteiger partial charge is 0.283 e. The van der Waals surface area contributed by atoms with E-state index in [-0.39, 0.29) is 6.54 Å². The van der Waals surface area contributed by atoms with Crippen molar-refractivity contribution in [3.63, 3.8) is 0 Å². The highest BCUT2D eigenvalue weighted by Gasteiger charge is 2.81. The first kappa shape index (κ1) is 7.43. The molecule has 2 rings (SSSR count). The third-order valence-corrected chi connectivity index (χ3v) is 2.78. The van der Waals surface area contributed by atoms with E-state index in [1.165, 1.54) is 0 Å². The maximum atomic E-state index is 13.0. The van der Waals surface area contributed by atoms with E-state index in [0.29, 0.717) is 13.0 Å². The summed E-state index contributed by atoms with van der Waals surface area (Å²) in [6.45, 7) is 0.383. The number of rotatable bonds is 1. The Hall–Kier alpha value is -0.220. The summed E-state index contributed by atoms with van der Waals surface area (Å²) in [5.41, 5.74) is 3.98. The van der Waals surface area contributed by atoms with Gasteiger partial charge in [0.05, 0.1) is 5.92 Å². The number of hydrogen-bond acceptors (Lipinski definition) is 2. The van der Waals surface area contributed by atoms with Gasteiger partial charge in [-0.1, -0.05) is 0 Å². The lowest BCUT2D eigenvalue weighted by Gasteiger charge is -2.18. The summed E-state index contributed by atoms with van der Waals surface area (Å²) in [6, 6.07) is 0. The average Bonchev–Trinajstić information content (AvgIpc) is 2.52. The number of ether oxygens (including phenoxy) is 1. The van der Waals surface area contributed by atoms with Crippen molar-refractivity contribution < 1.29 is 13.5 Å². The zero-order chi connectivity index (χ0) is 8.11. The third-order valence-electron chi connectivity index (χ3n) is 2.78. The van der Waals surface area contributed by atoms with Crippen LogP contribution in [0.3, 0.4) is 0 Å². The van der Waals surface area contributed by atoms with Gasteiger partial charge in [-0.25, -0.2) is 8.78 Å². The van der Waals surface area contributed by atoms with Crippen molar-refractivity contribution in [1.29, 1.82) is 0 Å². The van der Waals surface area contributed by atoms with E-state index in [2.05, 4.69) is 0 Å². The Morgan fingerprint density at radius 3 is 2.73 bits per heavy atom. The number of fused-ring (bicyclic) bond motifs is 1.